The van der Waals surface area contributed by atoms with Crippen LogP contribution in [0.5, 0.6) is 0 Å². The molecule has 1 spiro atoms. The fourth-order valence-electron chi connectivity index (χ4n) is 5.05. The number of aldehydes is 1. The lowest BCUT2D eigenvalue weighted by molar-refractivity contribution is -0.142. The Balaban J connectivity index is 0.00000176. The Morgan fingerprint density at radius 3 is 2.41 bits per heavy atom. The van der Waals surface area contributed by atoms with Gasteiger partial charge >= 0.3 is 5.97 Å². The van der Waals surface area contributed by atoms with E-state index < -0.39 is 5.97 Å². The molecule has 6 nitrogen and oxygen atoms in total. The number of carboxylic acids is 1. The molecule has 1 saturated carbocycles. The van der Waals surface area contributed by atoms with Crippen molar-refractivity contribution < 1.29 is 14.7 Å². The summed E-state index contributed by atoms with van der Waals surface area (Å²) in [5.41, 5.74) is 5.89. The minimum Gasteiger partial charge on any atom is -0.481 e. The maximum atomic E-state index is 12.1. The topological polar surface area (TPSA) is 104 Å². The van der Waals surface area contributed by atoms with Crippen molar-refractivity contribution in [2.24, 2.45) is 17.1 Å². The zero-order valence-corrected chi connectivity index (χ0v) is 20.7. The Morgan fingerprint density at radius 1 is 1.19 bits per heavy atom. The summed E-state index contributed by atoms with van der Waals surface area (Å²) in [7, 11) is 1.50. The SMILES string of the molecule is CCC(CCC(C)Nc1ccc(SC2(C=O)CCC3(CCNCC3)C2)cc1)C(=O)O.CN. The van der Waals surface area contributed by atoms with Gasteiger partial charge in [0.05, 0.1) is 10.7 Å². The normalized spacial score (nSPS) is 23.6. The number of carboxylic acid groups (broad SMARTS) is 1. The Morgan fingerprint density at radius 2 is 1.84 bits per heavy atom. The third kappa shape index (κ3) is 7.22. The number of piperidine rings is 1. The van der Waals surface area contributed by atoms with Gasteiger partial charge in [-0.05, 0) is 108 Å². The predicted molar refractivity (Wildman–Crippen MR) is 133 cm³/mol. The molecule has 32 heavy (non-hydrogen) atoms. The minimum atomic E-state index is -0.701. The second-order valence-corrected chi connectivity index (χ2v) is 10.8. The molecule has 1 aromatic rings. The summed E-state index contributed by atoms with van der Waals surface area (Å²) in [4.78, 5) is 24.4. The van der Waals surface area contributed by atoms with Crippen molar-refractivity contribution in [2.45, 2.75) is 80.9 Å². The van der Waals surface area contributed by atoms with Crippen molar-refractivity contribution >= 4 is 29.7 Å². The molecule has 3 rings (SSSR count). The summed E-state index contributed by atoms with van der Waals surface area (Å²) in [5, 5.41) is 16.1. The van der Waals surface area contributed by atoms with Crippen molar-refractivity contribution in [2.75, 3.05) is 25.5 Å². The third-order valence-corrected chi connectivity index (χ3v) is 8.37. The van der Waals surface area contributed by atoms with Gasteiger partial charge in [-0.15, -0.1) is 11.8 Å². The molecular weight excluding hydrogens is 422 g/mol. The summed E-state index contributed by atoms with van der Waals surface area (Å²) in [6, 6.07) is 8.56. The maximum absolute atomic E-state index is 12.1. The zero-order valence-electron chi connectivity index (χ0n) is 19.9. The van der Waals surface area contributed by atoms with Gasteiger partial charge in [0, 0.05) is 16.6 Å². The predicted octanol–water partition coefficient (Wildman–Crippen LogP) is 4.54. The molecule has 0 radical (unpaired) electrons. The van der Waals surface area contributed by atoms with Crippen LogP contribution in [0.3, 0.4) is 0 Å². The first-order valence-corrected chi connectivity index (χ1v) is 12.7. The Bertz CT molecular complexity index is 722. The van der Waals surface area contributed by atoms with Gasteiger partial charge in [0.15, 0.2) is 0 Å². The number of nitrogens with one attached hydrogen (secondary N) is 2. The van der Waals surface area contributed by atoms with Crippen LogP contribution in [0.4, 0.5) is 5.69 Å². The highest BCUT2D eigenvalue weighted by Gasteiger charge is 2.48. The van der Waals surface area contributed by atoms with Crippen molar-refractivity contribution in [1.29, 1.82) is 0 Å². The first-order chi connectivity index (χ1) is 15.4. The fourth-order valence-corrected chi connectivity index (χ4v) is 6.42. The van der Waals surface area contributed by atoms with Crippen LogP contribution in [-0.4, -0.2) is 48.3 Å². The van der Waals surface area contributed by atoms with Crippen molar-refractivity contribution in [1.82, 2.24) is 5.32 Å². The van der Waals surface area contributed by atoms with Gasteiger partial charge in [0.1, 0.15) is 6.29 Å². The zero-order chi connectivity index (χ0) is 23.6. The van der Waals surface area contributed by atoms with Crippen LogP contribution in [0, 0.1) is 11.3 Å². The summed E-state index contributed by atoms with van der Waals surface area (Å²) in [6.07, 6.45) is 8.89. The van der Waals surface area contributed by atoms with E-state index in [1.54, 1.807) is 11.8 Å². The molecule has 180 valence electrons. The van der Waals surface area contributed by atoms with Crippen LogP contribution in [0.25, 0.3) is 0 Å². The number of benzene rings is 1. The van der Waals surface area contributed by atoms with Crippen LogP contribution in [-0.2, 0) is 9.59 Å². The van der Waals surface area contributed by atoms with E-state index in [9.17, 15) is 14.7 Å². The van der Waals surface area contributed by atoms with Crippen LogP contribution >= 0.6 is 11.8 Å². The van der Waals surface area contributed by atoms with Gasteiger partial charge in [-0.1, -0.05) is 6.92 Å². The van der Waals surface area contributed by atoms with Crippen molar-refractivity contribution in [3.05, 3.63) is 24.3 Å². The smallest absolute Gasteiger partial charge is 0.306 e. The van der Waals surface area contributed by atoms with E-state index in [1.165, 1.54) is 26.2 Å². The van der Waals surface area contributed by atoms with Crippen molar-refractivity contribution in [3.8, 4) is 0 Å². The second kappa shape index (κ2) is 12.6. The highest BCUT2D eigenvalue weighted by Crippen LogP contribution is 2.55. The molecule has 0 amide bonds. The van der Waals surface area contributed by atoms with E-state index in [-0.39, 0.29) is 16.7 Å². The quantitative estimate of drug-likeness (QED) is 0.378. The number of anilines is 1. The van der Waals surface area contributed by atoms with Crippen LogP contribution in [0.15, 0.2) is 29.2 Å². The molecule has 0 bridgehead atoms. The number of hydrogen-bond donors (Lipinski definition) is 4. The van der Waals surface area contributed by atoms with Gasteiger partial charge in [-0.3, -0.25) is 4.79 Å². The highest BCUT2D eigenvalue weighted by molar-refractivity contribution is 8.01. The molecule has 2 fully saturated rings. The average molecular weight is 464 g/mol. The molecule has 0 aromatic heterocycles. The summed E-state index contributed by atoms with van der Waals surface area (Å²) >= 11 is 1.73. The Hall–Kier alpha value is -1.57. The molecule has 2 aliphatic rings. The largest absolute Gasteiger partial charge is 0.481 e. The fraction of sp³-hybridized carbons (Fsp3) is 0.680. The molecule has 3 atom stereocenters. The van der Waals surface area contributed by atoms with Crippen LogP contribution < -0.4 is 16.4 Å². The van der Waals surface area contributed by atoms with Gasteiger partial charge in [0.25, 0.3) is 0 Å². The lowest BCUT2D eigenvalue weighted by Gasteiger charge is -2.35. The molecule has 5 N–H and O–H groups in total. The van der Waals surface area contributed by atoms with Crippen LogP contribution in [0.2, 0.25) is 0 Å². The number of carbonyl (C=O) groups is 2. The molecule has 1 aromatic carbocycles. The molecule has 1 saturated heterocycles. The lowest BCUT2D eigenvalue weighted by atomic mass is 9.77. The van der Waals surface area contributed by atoms with E-state index in [4.69, 9.17) is 0 Å². The number of rotatable bonds is 10. The van der Waals surface area contributed by atoms with E-state index >= 15 is 0 Å². The van der Waals surface area contributed by atoms with Crippen LogP contribution in [0.1, 0.15) is 65.2 Å². The number of nitrogens with two attached hydrogens (primary N) is 1. The summed E-state index contributed by atoms with van der Waals surface area (Å²) in [5.74, 6) is -0.962. The summed E-state index contributed by atoms with van der Waals surface area (Å²) < 4.78 is -0.286. The molecule has 1 heterocycles. The monoisotopic (exact) mass is 463 g/mol. The number of thioether (sulfide) groups is 1. The third-order valence-electron chi connectivity index (χ3n) is 7.01. The van der Waals surface area contributed by atoms with Gasteiger partial charge in [-0.2, -0.15) is 0 Å². The number of carbonyl (C=O) groups excluding carboxylic acids is 1. The van der Waals surface area contributed by atoms with E-state index in [2.05, 4.69) is 47.6 Å². The number of hydrogen-bond acceptors (Lipinski definition) is 6. The second-order valence-electron chi connectivity index (χ2n) is 9.30. The Kier molecular flexibility index (Phi) is 10.5. The highest BCUT2D eigenvalue weighted by atomic mass is 32.2. The Labute approximate surface area is 197 Å². The minimum absolute atomic E-state index is 0.216. The summed E-state index contributed by atoms with van der Waals surface area (Å²) in [6.45, 7) is 6.17. The van der Waals surface area contributed by atoms with Gasteiger partial charge in [0.2, 0.25) is 0 Å². The van der Waals surface area contributed by atoms with E-state index in [0.717, 1.165) is 49.4 Å². The maximum Gasteiger partial charge on any atom is 0.306 e. The van der Waals surface area contributed by atoms with E-state index in [1.807, 2.05) is 6.92 Å². The lowest BCUT2D eigenvalue weighted by Crippen LogP contribution is -2.36. The van der Waals surface area contributed by atoms with Gasteiger partial charge in [-0.25, -0.2) is 0 Å². The standard InChI is InChI=1S/C24H36N2O3S.CH5N/c1-3-19(22(28)29)5-4-18(2)26-20-6-8-21(9-7-20)30-24(17-27)11-10-23(16-24)12-14-25-15-13-23;1-2/h6-9,17-19,25-26H,3-5,10-16H2,1-2H3,(H,28,29);2H2,1H3. The first-order valence-electron chi connectivity index (χ1n) is 11.9. The molecule has 3 unspecified atom stereocenters. The molecule has 1 aliphatic carbocycles. The number of aliphatic carboxylic acids is 1. The molecular formula is C25H41N3O3S. The average Bonchev–Trinajstić information content (AvgIpc) is 3.15. The molecule has 1 aliphatic heterocycles. The van der Waals surface area contributed by atoms with Crippen molar-refractivity contribution in [3.63, 3.8) is 0 Å². The first kappa shape index (κ1) is 26.7. The van der Waals surface area contributed by atoms with E-state index in [0.29, 0.717) is 18.3 Å². The molecule has 7 heteroatoms. The van der Waals surface area contributed by atoms with Gasteiger partial charge < -0.3 is 26.3 Å².